The molecule has 0 saturated heterocycles. The third-order valence-electron chi connectivity index (χ3n) is 11.4. The van der Waals surface area contributed by atoms with Crippen molar-refractivity contribution in [2.24, 2.45) is 0 Å². The SMILES string of the molecule is c1ccc(-c2cnc3c4cc5c(cc4n(-c4ccc6c(c4)C4(c7ccccc7-c7ccccc74)c4ccccc4-6)c3c2)sc2ccccc25)cc1. The zero-order valence-corrected chi connectivity index (χ0v) is 28.3. The molecule has 0 unspecified atom stereocenters. The fraction of sp³-hybridized carbons (Fsp3) is 0.0208. The van der Waals surface area contributed by atoms with E-state index < -0.39 is 5.41 Å². The first kappa shape index (κ1) is 27.5. The van der Waals surface area contributed by atoms with E-state index in [0.29, 0.717) is 0 Å². The molecule has 0 atom stereocenters. The minimum atomic E-state index is -0.403. The summed E-state index contributed by atoms with van der Waals surface area (Å²) in [6.07, 6.45) is 2.04. The van der Waals surface area contributed by atoms with Gasteiger partial charge in [0.1, 0.15) is 0 Å². The Bertz CT molecular complexity index is 3030. The zero-order chi connectivity index (χ0) is 33.3. The third kappa shape index (κ3) is 3.49. The minimum absolute atomic E-state index is 0.403. The predicted molar refractivity (Wildman–Crippen MR) is 213 cm³/mol. The van der Waals surface area contributed by atoms with Gasteiger partial charge in [0.05, 0.1) is 22.0 Å². The highest BCUT2D eigenvalue weighted by Crippen LogP contribution is 2.63. The maximum absolute atomic E-state index is 5.22. The van der Waals surface area contributed by atoms with Crippen LogP contribution in [0, 0.1) is 0 Å². The van der Waals surface area contributed by atoms with Gasteiger partial charge in [-0.1, -0.05) is 127 Å². The maximum Gasteiger partial charge on any atom is 0.0964 e. The van der Waals surface area contributed by atoms with Crippen molar-refractivity contribution in [3.05, 3.63) is 192 Å². The molecule has 2 aliphatic rings. The van der Waals surface area contributed by atoms with Crippen LogP contribution in [-0.4, -0.2) is 9.55 Å². The van der Waals surface area contributed by atoms with Gasteiger partial charge in [0.25, 0.3) is 0 Å². The van der Waals surface area contributed by atoms with Crippen LogP contribution < -0.4 is 0 Å². The van der Waals surface area contributed by atoms with Crippen LogP contribution in [0.25, 0.3) is 81.2 Å². The summed E-state index contributed by atoms with van der Waals surface area (Å²) in [5, 5.41) is 3.77. The van der Waals surface area contributed by atoms with E-state index in [-0.39, 0.29) is 0 Å². The molecule has 0 saturated carbocycles. The lowest BCUT2D eigenvalue weighted by atomic mass is 9.70. The molecule has 3 heterocycles. The van der Waals surface area contributed by atoms with Gasteiger partial charge in [0.2, 0.25) is 0 Å². The molecule has 0 bridgehead atoms. The zero-order valence-electron chi connectivity index (χ0n) is 27.5. The fourth-order valence-corrected chi connectivity index (χ4v) is 10.5. The Morgan fingerprint density at radius 2 is 1.06 bits per heavy atom. The molecular formula is C48H28N2S. The van der Waals surface area contributed by atoms with Crippen molar-refractivity contribution < 1.29 is 0 Å². The second kappa shape index (κ2) is 9.91. The normalized spacial score (nSPS) is 13.6. The first-order valence-electron chi connectivity index (χ1n) is 17.5. The molecule has 0 radical (unpaired) electrons. The molecule has 0 fully saturated rings. The Labute approximate surface area is 298 Å². The number of nitrogens with zero attached hydrogens (tertiary/aromatic N) is 2. The molecule has 2 aliphatic carbocycles. The van der Waals surface area contributed by atoms with E-state index in [4.69, 9.17) is 4.98 Å². The minimum Gasteiger partial charge on any atom is -0.308 e. The Hall–Kier alpha value is -6.29. The lowest BCUT2D eigenvalue weighted by Gasteiger charge is -2.30. The molecular weight excluding hydrogens is 637 g/mol. The third-order valence-corrected chi connectivity index (χ3v) is 12.6. The summed E-state index contributed by atoms with van der Waals surface area (Å²) >= 11 is 1.87. The molecule has 1 spiro atoms. The van der Waals surface area contributed by atoms with Crippen LogP contribution in [0.3, 0.4) is 0 Å². The number of fused-ring (bicyclic) bond motifs is 16. The molecule has 2 nitrogen and oxygen atoms in total. The molecule has 51 heavy (non-hydrogen) atoms. The molecule has 0 aliphatic heterocycles. The van der Waals surface area contributed by atoms with E-state index in [2.05, 4.69) is 168 Å². The van der Waals surface area contributed by atoms with E-state index in [1.807, 2.05) is 17.5 Å². The van der Waals surface area contributed by atoms with Crippen LogP contribution in [0.4, 0.5) is 0 Å². The largest absolute Gasteiger partial charge is 0.308 e. The van der Waals surface area contributed by atoms with Gasteiger partial charge < -0.3 is 4.57 Å². The van der Waals surface area contributed by atoms with E-state index in [1.54, 1.807) is 0 Å². The number of rotatable bonds is 2. The number of aromatic nitrogens is 2. The summed E-state index contributed by atoms with van der Waals surface area (Å²) in [6, 6.07) is 60.8. The monoisotopic (exact) mass is 664 g/mol. The average Bonchev–Trinajstić information content (AvgIpc) is 3.90. The van der Waals surface area contributed by atoms with Crippen molar-refractivity contribution in [2.45, 2.75) is 5.41 Å². The van der Waals surface area contributed by atoms with Crippen LogP contribution in [0.5, 0.6) is 0 Å². The Kier molecular flexibility index (Phi) is 5.35. The van der Waals surface area contributed by atoms with Gasteiger partial charge >= 0.3 is 0 Å². The quantitative estimate of drug-likeness (QED) is 0.180. The smallest absolute Gasteiger partial charge is 0.0964 e. The average molecular weight is 665 g/mol. The second-order valence-electron chi connectivity index (χ2n) is 13.9. The van der Waals surface area contributed by atoms with Crippen LogP contribution >= 0.6 is 11.3 Å². The van der Waals surface area contributed by atoms with Crippen molar-refractivity contribution in [1.29, 1.82) is 0 Å². The van der Waals surface area contributed by atoms with Crippen molar-refractivity contribution in [3.8, 4) is 39.1 Å². The van der Waals surface area contributed by atoms with Crippen molar-refractivity contribution in [3.63, 3.8) is 0 Å². The number of hydrogen-bond acceptors (Lipinski definition) is 2. The lowest BCUT2D eigenvalue weighted by molar-refractivity contribution is 0.792. The van der Waals surface area contributed by atoms with Gasteiger partial charge in [-0.3, -0.25) is 4.98 Å². The fourth-order valence-electron chi connectivity index (χ4n) is 9.38. The van der Waals surface area contributed by atoms with Crippen molar-refractivity contribution >= 4 is 53.4 Å². The molecule has 12 rings (SSSR count). The summed E-state index contributed by atoms with van der Waals surface area (Å²) < 4.78 is 5.07. The van der Waals surface area contributed by atoms with Crippen LogP contribution in [0.15, 0.2) is 170 Å². The van der Waals surface area contributed by atoms with Crippen molar-refractivity contribution in [1.82, 2.24) is 9.55 Å². The van der Waals surface area contributed by atoms with Crippen LogP contribution in [0.2, 0.25) is 0 Å². The van der Waals surface area contributed by atoms with E-state index in [9.17, 15) is 0 Å². The molecule has 236 valence electrons. The number of pyridine rings is 1. The highest BCUT2D eigenvalue weighted by molar-refractivity contribution is 7.25. The Morgan fingerprint density at radius 3 is 1.78 bits per heavy atom. The molecule has 10 aromatic rings. The summed E-state index contributed by atoms with van der Waals surface area (Å²) in [4.78, 5) is 5.22. The van der Waals surface area contributed by atoms with Gasteiger partial charge in [-0.25, -0.2) is 0 Å². The number of thiophene rings is 1. The van der Waals surface area contributed by atoms with E-state index >= 15 is 0 Å². The molecule has 0 amide bonds. The maximum atomic E-state index is 5.22. The van der Waals surface area contributed by atoms with Crippen molar-refractivity contribution in [2.75, 3.05) is 0 Å². The van der Waals surface area contributed by atoms with E-state index in [1.165, 1.54) is 81.1 Å². The Morgan fingerprint density at radius 1 is 0.431 bits per heavy atom. The topological polar surface area (TPSA) is 17.8 Å². The van der Waals surface area contributed by atoms with Gasteiger partial charge in [-0.15, -0.1) is 11.3 Å². The second-order valence-corrected chi connectivity index (χ2v) is 15.0. The summed E-state index contributed by atoms with van der Waals surface area (Å²) in [5.41, 5.74) is 17.0. The van der Waals surface area contributed by atoms with E-state index in [0.717, 1.165) is 22.3 Å². The summed E-state index contributed by atoms with van der Waals surface area (Å²) in [7, 11) is 0. The predicted octanol–water partition coefficient (Wildman–Crippen LogP) is 12.6. The summed E-state index contributed by atoms with van der Waals surface area (Å²) in [5.74, 6) is 0. The number of hydrogen-bond donors (Lipinski definition) is 0. The van der Waals surface area contributed by atoms with Crippen LogP contribution in [-0.2, 0) is 5.41 Å². The molecule has 0 N–H and O–H groups in total. The first-order chi connectivity index (χ1) is 25.3. The molecule has 3 aromatic heterocycles. The van der Waals surface area contributed by atoms with Gasteiger partial charge in [-0.2, -0.15) is 0 Å². The lowest BCUT2D eigenvalue weighted by Crippen LogP contribution is -2.26. The summed E-state index contributed by atoms with van der Waals surface area (Å²) in [6.45, 7) is 0. The highest BCUT2D eigenvalue weighted by Gasteiger charge is 2.51. The highest BCUT2D eigenvalue weighted by atomic mass is 32.1. The van der Waals surface area contributed by atoms with Crippen LogP contribution in [0.1, 0.15) is 22.3 Å². The standard InChI is InChI=1S/C48H28N2S/c1-2-12-29(13-3-1)30-24-44-47(49-28-30)38-26-37-36-17-7-11-21-45(36)51-46(37)27-43(38)50(44)31-22-23-35-34-16-6-10-20-41(34)48(42(35)25-31)39-18-8-4-14-32(39)33-15-5-9-19-40(33)48/h1-28H. The van der Waals surface area contributed by atoms with Gasteiger partial charge in [0.15, 0.2) is 0 Å². The first-order valence-corrected chi connectivity index (χ1v) is 18.4. The molecule has 7 aromatic carbocycles. The number of benzene rings is 7. The molecule has 3 heteroatoms. The Balaban J connectivity index is 1.20. The van der Waals surface area contributed by atoms with Gasteiger partial charge in [0, 0.05) is 43.0 Å². The van der Waals surface area contributed by atoms with Gasteiger partial charge in [-0.05, 0) is 86.5 Å².